The Morgan fingerprint density at radius 1 is 1.08 bits per heavy atom. The van der Waals surface area contributed by atoms with Crippen LogP contribution in [0.15, 0.2) is 54.6 Å². The summed E-state index contributed by atoms with van der Waals surface area (Å²) in [5, 5.41) is 8.73. The van der Waals surface area contributed by atoms with E-state index in [1.54, 1.807) is 0 Å². The van der Waals surface area contributed by atoms with Crippen LogP contribution in [0, 0.1) is 11.3 Å². The highest BCUT2D eigenvalue weighted by molar-refractivity contribution is 5.30. The molecule has 0 N–H and O–H groups in total. The highest BCUT2D eigenvalue weighted by Gasteiger charge is 2.30. The number of benzene rings is 2. The van der Waals surface area contributed by atoms with Gasteiger partial charge in [0.2, 0.25) is 0 Å². The zero-order chi connectivity index (χ0) is 18.3. The molecule has 1 atom stereocenters. The number of nitriles is 1. The Bertz CT molecular complexity index is 693. The van der Waals surface area contributed by atoms with E-state index in [1.165, 1.54) is 12.1 Å². The molecule has 2 aromatic rings. The quantitative estimate of drug-likeness (QED) is 0.682. The summed E-state index contributed by atoms with van der Waals surface area (Å²) in [5.41, 5.74) is 0.234. The Balaban J connectivity index is 2.11. The number of ether oxygens (including phenoxy) is 1. The van der Waals surface area contributed by atoms with Gasteiger partial charge in [-0.3, -0.25) is 4.90 Å². The summed E-state index contributed by atoms with van der Waals surface area (Å²) in [4.78, 5) is 1.87. The van der Waals surface area contributed by atoms with Gasteiger partial charge < -0.3 is 4.74 Å². The largest absolute Gasteiger partial charge is 0.486 e. The van der Waals surface area contributed by atoms with Gasteiger partial charge in [-0.1, -0.05) is 30.3 Å². The van der Waals surface area contributed by atoms with Gasteiger partial charge in [0.15, 0.2) is 0 Å². The summed E-state index contributed by atoms with van der Waals surface area (Å²) < 4.78 is 43.9. The number of rotatable bonds is 7. The molecule has 6 heteroatoms. The van der Waals surface area contributed by atoms with Gasteiger partial charge in [-0.15, -0.1) is 0 Å². The minimum absolute atomic E-state index is 0.306. The minimum atomic E-state index is -4.36. The monoisotopic (exact) mass is 348 g/mol. The van der Waals surface area contributed by atoms with E-state index in [1.807, 2.05) is 42.3 Å². The predicted molar refractivity (Wildman–Crippen MR) is 89.0 cm³/mol. The second kappa shape index (κ2) is 8.54. The number of nitrogens with zero attached hydrogens (tertiary/aromatic N) is 2. The molecule has 0 aliphatic heterocycles. The van der Waals surface area contributed by atoms with Crippen LogP contribution in [0.2, 0.25) is 0 Å². The average Bonchev–Trinajstić information content (AvgIpc) is 2.59. The first kappa shape index (κ1) is 18.8. The van der Waals surface area contributed by atoms with E-state index in [2.05, 4.69) is 6.07 Å². The fourth-order valence-electron chi connectivity index (χ4n) is 2.39. The highest BCUT2D eigenvalue weighted by Crippen LogP contribution is 2.31. The Kier molecular flexibility index (Phi) is 6.43. The average molecular weight is 348 g/mol. The molecule has 0 saturated heterocycles. The van der Waals surface area contributed by atoms with Crippen LogP contribution in [0.1, 0.15) is 23.7 Å². The van der Waals surface area contributed by atoms with Crippen LogP contribution in [-0.2, 0) is 6.18 Å². The van der Waals surface area contributed by atoms with E-state index in [-0.39, 0.29) is 6.10 Å². The third-order valence-electron chi connectivity index (χ3n) is 3.74. The molecule has 132 valence electrons. The van der Waals surface area contributed by atoms with E-state index in [4.69, 9.17) is 10.00 Å². The molecule has 0 fully saturated rings. The maximum absolute atomic E-state index is 12.7. The van der Waals surface area contributed by atoms with Crippen molar-refractivity contribution in [1.29, 1.82) is 5.26 Å². The zero-order valence-corrected chi connectivity index (χ0v) is 13.8. The maximum Gasteiger partial charge on any atom is 0.416 e. The van der Waals surface area contributed by atoms with Crippen molar-refractivity contribution in [3.63, 3.8) is 0 Å². The van der Waals surface area contributed by atoms with Gasteiger partial charge in [-0.05, 0) is 36.9 Å². The Morgan fingerprint density at radius 3 is 2.28 bits per heavy atom. The van der Waals surface area contributed by atoms with Crippen molar-refractivity contribution in [3.05, 3.63) is 65.7 Å². The molecule has 0 heterocycles. The van der Waals surface area contributed by atoms with Gasteiger partial charge in [-0.25, -0.2) is 0 Å². The molecule has 0 amide bonds. The maximum atomic E-state index is 12.7. The van der Waals surface area contributed by atoms with Gasteiger partial charge in [0, 0.05) is 13.0 Å². The van der Waals surface area contributed by atoms with Crippen molar-refractivity contribution < 1.29 is 17.9 Å². The summed E-state index contributed by atoms with van der Waals surface area (Å²) in [6.07, 6.45) is -4.06. The molecule has 2 aromatic carbocycles. The highest BCUT2D eigenvalue weighted by atomic mass is 19.4. The van der Waals surface area contributed by atoms with Crippen LogP contribution in [0.3, 0.4) is 0 Å². The molecule has 2 rings (SSSR count). The summed E-state index contributed by atoms with van der Waals surface area (Å²) in [6.45, 7) is 0.940. The Labute approximate surface area is 145 Å². The first-order chi connectivity index (χ1) is 11.9. The first-order valence-corrected chi connectivity index (χ1v) is 7.84. The number of halogens is 3. The van der Waals surface area contributed by atoms with Gasteiger partial charge in [-0.2, -0.15) is 18.4 Å². The van der Waals surface area contributed by atoms with Gasteiger partial charge >= 0.3 is 6.18 Å². The molecular weight excluding hydrogens is 329 g/mol. The lowest BCUT2D eigenvalue weighted by atomic mass is 10.1. The SMILES string of the molecule is CN(CC#N)CCC(Oc1ccc(C(F)(F)F)cc1)c1ccccc1. The first-order valence-electron chi connectivity index (χ1n) is 7.84. The van der Waals surface area contributed by atoms with Crippen LogP contribution in [0.25, 0.3) is 0 Å². The predicted octanol–water partition coefficient (Wildman–Crippen LogP) is 4.67. The molecule has 0 aliphatic rings. The summed E-state index contributed by atoms with van der Waals surface area (Å²) in [5.74, 6) is 0.379. The molecule has 1 unspecified atom stereocenters. The van der Waals surface area contributed by atoms with Crippen LogP contribution in [0.5, 0.6) is 5.75 Å². The lowest BCUT2D eigenvalue weighted by Gasteiger charge is -2.22. The minimum Gasteiger partial charge on any atom is -0.486 e. The molecular formula is C19H19F3N2O. The van der Waals surface area contributed by atoms with Crippen molar-refractivity contribution in [3.8, 4) is 11.8 Å². The number of hydrogen-bond acceptors (Lipinski definition) is 3. The van der Waals surface area contributed by atoms with Gasteiger partial charge in [0.1, 0.15) is 11.9 Å². The van der Waals surface area contributed by atoms with Crippen molar-refractivity contribution in [2.24, 2.45) is 0 Å². The second-order valence-corrected chi connectivity index (χ2v) is 5.72. The molecule has 3 nitrogen and oxygen atoms in total. The molecule has 0 spiro atoms. The van der Waals surface area contributed by atoms with Gasteiger partial charge in [0.25, 0.3) is 0 Å². The smallest absolute Gasteiger partial charge is 0.416 e. The summed E-state index contributed by atoms with van der Waals surface area (Å²) in [6, 6.07) is 16.3. The van der Waals surface area contributed by atoms with Crippen LogP contribution < -0.4 is 4.74 Å². The van der Waals surface area contributed by atoms with E-state index in [9.17, 15) is 13.2 Å². The molecule has 0 bridgehead atoms. The Hall–Kier alpha value is -2.52. The normalized spacial score (nSPS) is 12.6. The Morgan fingerprint density at radius 2 is 1.72 bits per heavy atom. The molecule has 25 heavy (non-hydrogen) atoms. The van der Waals surface area contributed by atoms with Crippen LogP contribution in [0.4, 0.5) is 13.2 Å². The number of alkyl halides is 3. The van der Waals surface area contributed by atoms with Crippen LogP contribution in [-0.4, -0.2) is 25.0 Å². The van der Waals surface area contributed by atoms with Crippen molar-refractivity contribution >= 4 is 0 Å². The van der Waals surface area contributed by atoms with E-state index >= 15 is 0 Å². The lowest BCUT2D eigenvalue weighted by Crippen LogP contribution is -2.23. The van der Waals surface area contributed by atoms with Crippen LogP contribution >= 0.6 is 0 Å². The molecule has 0 aliphatic carbocycles. The summed E-state index contributed by atoms with van der Waals surface area (Å²) in [7, 11) is 1.84. The third-order valence-corrected chi connectivity index (χ3v) is 3.74. The van der Waals surface area contributed by atoms with E-state index < -0.39 is 11.7 Å². The van der Waals surface area contributed by atoms with Crippen molar-refractivity contribution in [2.45, 2.75) is 18.7 Å². The topological polar surface area (TPSA) is 36.3 Å². The molecule has 0 aromatic heterocycles. The zero-order valence-electron chi connectivity index (χ0n) is 13.8. The third kappa shape index (κ3) is 5.80. The standard InChI is InChI=1S/C19H19F3N2O/c1-24(14-12-23)13-11-18(15-5-3-2-4-6-15)25-17-9-7-16(8-10-17)19(20,21)22/h2-10,18H,11,13-14H2,1H3. The lowest BCUT2D eigenvalue weighted by molar-refractivity contribution is -0.137. The summed E-state index contributed by atoms with van der Waals surface area (Å²) >= 11 is 0. The molecule has 0 saturated carbocycles. The van der Waals surface area contributed by atoms with E-state index in [0.29, 0.717) is 25.3 Å². The van der Waals surface area contributed by atoms with Crippen molar-refractivity contribution in [1.82, 2.24) is 4.90 Å². The second-order valence-electron chi connectivity index (χ2n) is 5.72. The molecule has 0 radical (unpaired) electrons. The fraction of sp³-hybridized carbons (Fsp3) is 0.316. The fourth-order valence-corrected chi connectivity index (χ4v) is 2.39. The van der Waals surface area contributed by atoms with Crippen molar-refractivity contribution in [2.75, 3.05) is 20.1 Å². The number of hydrogen-bond donors (Lipinski definition) is 0. The van der Waals surface area contributed by atoms with E-state index in [0.717, 1.165) is 17.7 Å². The van der Waals surface area contributed by atoms with Gasteiger partial charge in [0.05, 0.1) is 18.2 Å².